The highest BCUT2D eigenvalue weighted by Crippen LogP contribution is 2.28. The zero-order chi connectivity index (χ0) is 19.4. The molecular formula is C21H23NO5. The van der Waals surface area contributed by atoms with Gasteiger partial charge in [0, 0.05) is 17.8 Å². The molecule has 6 nitrogen and oxygen atoms in total. The van der Waals surface area contributed by atoms with Crippen molar-refractivity contribution in [3.05, 3.63) is 63.6 Å². The molecule has 0 amide bonds. The lowest BCUT2D eigenvalue weighted by Gasteiger charge is -2.25. The molecule has 1 saturated carbocycles. The first-order valence-electron chi connectivity index (χ1n) is 9.29. The molecule has 6 heteroatoms. The average molecular weight is 369 g/mol. The predicted molar refractivity (Wildman–Crippen MR) is 100 cm³/mol. The van der Waals surface area contributed by atoms with Gasteiger partial charge < -0.3 is 14.4 Å². The SMILES string of the molecule is CCOC(=O)c1cc(C(=O)c2ccccc2O)cn(C2CCCCC2)c1=O. The summed E-state index contributed by atoms with van der Waals surface area (Å²) in [4.78, 5) is 38.1. The number of carbonyl (C=O) groups excluding carboxylic acids is 2. The number of esters is 1. The zero-order valence-electron chi connectivity index (χ0n) is 15.3. The van der Waals surface area contributed by atoms with Crippen LogP contribution in [0.1, 0.15) is 71.3 Å². The molecule has 0 bridgehead atoms. The first-order valence-corrected chi connectivity index (χ1v) is 9.29. The molecule has 2 aromatic rings. The third kappa shape index (κ3) is 3.94. The summed E-state index contributed by atoms with van der Waals surface area (Å²) in [6.45, 7) is 1.80. The second kappa shape index (κ2) is 8.20. The van der Waals surface area contributed by atoms with Crippen molar-refractivity contribution in [2.45, 2.75) is 45.1 Å². The van der Waals surface area contributed by atoms with E-state index in [2.05, 4.69) is 0 Å². The Hall–Kier alpha value is -2.89. The number of rotatable bonds is 5. The second-order valence-corrected chi connectivity index (χ2v) is 6.71. The minimum atomic E-state index is -0.737. The number of pyridine rings is 1. The smallest absolute Gasteiger partial charge is 0.343 e. The van der Waals surface area contributed by atoms with Gasteiger partial charge in [-0.3, -0.25) is 9.59 Å². The first kappa shape index (κ1) is 18.9. The van der Waals surface area contributed by atoms with Gasteiger partial charge >= 0.3 is 5.97 Å². The van der Waals surface area contributed by atoms with E-state index in [0.717, 1.165) is 32.1 Å². The number of para-hydroxylation sites is 1. The Balaban J connectivity index is 2.11. The van der Waals surface area contributed by atoms with Crippen LogP contribution >= 0.6 is 0 Å². The largest absolute Gasteiger partial charge is 0.507 e. The number of ether oxygens (including phenoxy) is 1. The van der Waals surface area contributed by atoms with Gasteiger partial charge in [-0.1, -0.05) is 31.4 Å². The van der Waals surface area contributed by atoms with Crippen LogP contribution in [-0.4, -0.2) is 28.0 Å². The summed E-state index contributed by atoms with van der Waals surface area (Å²) in [6.07, 6.45) is 6.29. The normalized spacial score (nSPS) is 14.7. The van der Waals surface area contributed by atoms with E-state index in [0.29, 0.717) is 0 Å². The molecule has 3 rings (SSSR count). The molecule has 1 fully saturated rings. The van der Waals surface area contributed by atoms with Crippen molar-refractivity contribution in [1.82, 2.24) is 4.57 Å². The number of phenolic OH excluding ortho intramolecular Hbond substituents is 1. The minimum Gasteiger partial charge on any atom is -0.507 e. The zero-order valence-corrected chi connectivity index (χ0v) is 15.3. The minimum absolute atomic E-state index is 0.0449. The Morgan fingerprint density at radius 2 is 1.85 bits per heavy atom. The monoisotopic (exact) mass is 369 g/mol. The molecule has 0 radical (unpaired) electrons. The predicted octanol–water partition coefficient (Wildman–Crippen LogP) is 3.47. The van der Waals surface area contributed by atoms with E-state index in [1.807, 2.05) is 0 Å². The summed E-state index contributed by atoms with van der Waals surface area (Å²) in [7, 11) is 0. The Morgan fingerprint density at radius 1 is 1.15 bits per heavy atom. The third-order valence-electron chi connectivity index (χ3n) is 4.92. The maximum Gasteiger partial charge on any atom is 0.343 e. The number of ketones is 1. The molecule has 0 aliphatic heterocycles. The number of phenols is 1. The number of nitrogens with zero attached hydrogens (tertiary/aromatic N) is 1. The summed E-state index contributed by atoms with van der Waals surface area (Å²) in [5, 5.41) is 10.00. The fourth-order valence-electron chi connectivity index (χ4n) is 3.53. The van der Waals surface area contributed by atoms with Crippen molar-refractivity contribution in [2.75, 3.05) is 6.61 Å². The molecular weight excluding hydrogens is 346 g/mol. The number of benzene rings is 1. The van der Waals surface area contributed by atoms with Crippen LogP contribution in [0.4, 0.5) is 0 Å². The fraction of sp³-hybridized carbons (Fsp3) is 0.381. The van der Waals surface area contributed by atoms with Crippen molar-refractivity contribution in [2.24, 2.45) is 0 Å². The maximum absolute atomic E-state index is 12.9. The lowest BCUT2D eigenvalue weighted by molar-refractivity contribution is 0.0523. The summed E-state index contributed by atoms with van der Waals surface area (Å²) in [6, 6.07) is 7.44. The topological polar surface area (TPSA) is 85.6 Å². The quantitative estimate of drug-likeness (QED) is 0.644. The van der Waals surface area contributed by atoms with Crippen molar-refractivity contribution in [1.29, 1.82) is 0 Å². The molecule has 27 heavy (non-hydrogen) atoms. The van der Waals surface area contributed by atoms with E-state index in [4.69, 9.17) is 4.74 Å². The van der Waals surface area contributed by atoms with Crippen LogP contribution in [0.25, 0.3) is 0 Å². The van der Waals surface area contributed by atoms with Crippen LogP contribution in [0.3, 0.4) is 0 Å². The Kier molecular flexibility index (Phi) is 5.74. The van der Waals surface area contributed by atoms with Crippen LogP contribution in [0.15, 0.2) is 41.3 Å². The van der Waals surface area contributed by atoms with Crippen molar-refractivity contribution < 1.29 is 19.4 Å². The summed E-state index contributed by atoms with van der Waals surface area (Å²) in [5.41, 5.74) is -0.274. The molecule has 1 heterocycles. The number of carbonyl (C=O) groups is 2. The van der Waals surface area contributed by atoms with Gasteiger partial charge in [0.2, 0.25) is 0 Å². The Labute approximate surface area is 157 Å². The van der Waals surface area contributed by atoms with E-state index in [1.54, 1.807) is 19.1 Å². The summed E-state index contributed by atoms with van der Waals surface area (Å²) in [5.74, 6) is -1.32. The van der Waals surface area contributed by atoms with Gasteiger partial charge in [0.1, 0.15) is 11.3 Å². The van der Waals surface area contributed by atoms with Crippen molar-refractivity contribution in [3.8, 4) is 5.75 Å². The lowest BCUT2D eigenvalue weighted by atomic mass is 9.94. The van der Waals surface area contributed by atoms with Gasteiger partial charge in [-0.05, 0) is 38.0 Å². The van der Waals surface area contributed by atoms with Gasteiger partial charge in [0.05, 0.1) is 12.2 Å². The highest BCUT2D eigenvalue weighted by Gasteiger charge is 2.24. The van der Waals surface area contributed by atoms with Crippen molar-refractivity contribution in [3.63, 3.8) is 0 Å². The van der Waals surface area contributed by atoms with E-state index in [-0.39, 0.29) is 35.1 Å². The molecule has 1 aromatic heterocycles. The third-order valence-corrected chi connectivity index (χ3v) is 4.92. The average Bonchev–Trinajstić information content (AvgIpc) is 2.69. The molecule has 0 saturated heterocycles. The summed E-state index contributed by atoms with van der Waals surface area (Å²) >= 11 is 0. The van der Waals surface area contributed by atoms with E-state index >= 15 is 0 Å². The number of aromatic nitrogens is 1. The Bertz CT molecular complexity index is 909. The maximum atomic E-state index is 12.9. The van der Waals surface area contributed by atoms with Gasteiger partial charge in [0.15, 0.2) is 5.78 Å². The molecule has 1 N–H and O–H groups in total. The highest BCUT2D eigenvalue weighted by molar-refractivity contribution is 6.11. The fourth-order valence-corrected chi connectivity index (χ4v) is 3.53. The van der Waals surface area contributed by atoms with E-state index in [9.17, 15) is 19.5 Å². The van der Waals surface area contributed by atoms with Crippen LogP contribution in [0.2, 0.25) is 0 Å². The lowest BCUT2D eigenvalue weighted by Crippen LogP contribution is -2.32. The second-order valence-electron chi connectivity index (χ2n) is 6.71. The van der Waals surface area contributed by atoms with Crippen LogP contribution in [0, 0.1) is 0 Å². The summed E-state index contributed by atoms with van der Waals surface area (Å²) < 4.78 is 6.50. The number of hydrogen-bond acceptors (Lipinski definition) is 5. The molecule has 142 valence electrons. The van der Waals surface area contributed by atoms with Crippen LogP contribution < -0.4 is 5.56 Å². The van der Waals surface area contributed by atoms with Crippen LogP contribution in [0.5, 0.6) is 5.75 Å². The van der Waals surface area contributed by atoms with Gasteiger partial charge in [-0.25, -0.2) is 4.79 Å². The van der Waals surface area contributed by atoms with Crippen LogP contribution in [-0.2, 0) is 4.74 Å². The molecule has 1 aliphatic carbocycles. The Morgan fingerprint density at radius 3 is 2.52 bits per heavy atom. The molecule has 0 spiro atoms. The van der Waals surface area contributed by atoms with Gasteiger partial charge in [0.25, 0.3) is 5.56 Å². The standard InChI is InChI=1S/C21H23NO5/c1-2-27-21(26)17-12-14(19(24)16-10-6-7-11-18(16)23)13-22(20(17)25)15-8-4-3-5-9-15/h6-7,10-13,15,23H,2-5,8-9H2,1H3. The van der Waals surface area contributed by atoms with Gasteiger partial charge in [-0.2, -0.15) is 0 Å². The molecule has 0 unspecified atom stereocenters. The first-order chi connectivity index (χ1) is 13.0. The van der Waals surface area contributed by atoms with Gasteiger partial charge in [-0.15, -0.1) is 0 Å². The van der Waals surface area contributed by atoms with E-state index < -0.39 is 17.3 Å². The highest BCUT2D eigenvalue weighted by atomic mass is 16.5. The molecule has 1 aliphatic rings. The van der Waals surface area contributed by atoms with E-state index in [1.165, 1.54) is 29.0 Å². The molecule has 0 atom stereocenters. The number of aromatic hydroxyl groups is 1. The van der Waals surface area contributed by atoms with Crippen molar-refractivity contribution >= 4 is 11.8 Å². The molecule has 1 aromatic carbocycles. The number of hydrogen-bond donors (Lipinski definition) is 1.